The molecule has 286 valence electrons. The summed E-state index contributed by atoms with van der Waals surface area (Å²) in [6, 6.07) is -6.71. The Labute approximate surface area is 299 Å². The first-order valence-electron chi connectivity index (χ1n) is 17.1. The molecular weight excluding hydrogens is 670 g/mol. The van der Waals surface area contributed by atoms with Gasteiger partial charge in [0.2, 0.25) is 29.5 Å². The fraction of sp³-hybridized carbons (Fsp3) is 0.781. The molecule has 1 fully saturated rings. The Kier molecular flexibility index (Phi) is 19.7. The number of carbonyl (C=O) groups excluding carboxylic acids is 5. The number of carboxylic acid groups (broad SMARTS) is 1. The van der Waals surface area contributed by atoms with Crippen molar-refractivity contribution < 1.29 is 39.0 Å². The summed E-state index contributed by atoms with van der Waals surface area (Å²) in [5, 5.41) is 30.5. The normalized spacial score (nSPS) is 18.0. The minimum atomic E-state index is -1.52. The van der Waals surface area contributed by atoms with Crippen molar-refractivity contribution in [2.75, 3.05) is 25.1 Å². The maximum atomic E-state index is 13.9. The topological polar surface area (TPSA) is 285 Å². The lowest BCUT2D eigenvalue weighted by atomic mass is 10.0. The third-order valence-corrected chi connectivity index (χ3v) is 8.73. The van der Waals surface area contributed by atoms with Gasteiger partial charge in [-0.15, -0.1) is 0 Å². The van der Waals surface area contributed by atoms with Gasteiger partial charge >= 0.3 is 5.97 Å². The van der Waals surface area contributed by atoms with Crippen molar-refractivity contribution in [2.24, 2.45) is 34.0 Å². The van der Waals surface area contributed by atoms with E-state index < -0.39 is 77.9 Å². The zero-order valence-corrected chi connectivity index (χ0v) is 31.0. The molecule has 1 rings (SSSR count). The molecule has 0 aromatic carbocycles. The largest absolute Gasteiger partial charge is 0.480 e. The quantitative estimate of drug-likeness (QED) is 0.0354. The minimum absolute atomic E-state index is 0.0819. The van der Waals surface area contributed by atoms with Crippen molar-refractivity contribution >= 4 is 53.2 Å². The number of aliphatic hydroxyl groups is 1. The third-order valence-electron chi connectivity index (χ3n) is 8.09. The van der Waals surface area contributed by atoms with E-state index in [9.17, 15) is 39.0 Å². The molecule has 0 bridgehead atoms. The van der Waals surface area contributed by atoms with Gasteiger partial charge in [0.25, 0.3) is 0 Å². The monoisotopic (exact) mass is 729 g/mol. The molecule has 1 heterocycles. The number of aliphatic carboxylic acids is 1. The maximum Gasteiger partial charge on any atom is 0.326 e. The Balaban J connectivity index is 3.18. The van der Waals surface area contributed by atoms with Gasteiger partial charge in [-0.25, -0.2) is 4.79 Å². The number of likely N-dealkylation sites (tertiary alicyclic amines) is 1. The first-order chi connectivity index (χ1) is 23.4. The summed E-state index contributed by atoms with van der Waals surface area (Å²) in [4.78, 5) is 84.0. The number of nitrogens with two attached hydrogens (primary N) is 3. The molecular formula is C32H59N9O8S. The molecule has 0 aromatic rings. The van der Waals surface area contributed by atoms with Gasteiger partial charge < -0.3 is 53.6 Å². The molecule has 50 heavy (non-hydrogen) atoms. The first-order valence-corrected chi connectivity index (χ1v) is 18.5. The molecule has 0 aliphatic carbocycles. The van der Waals surface area contributed by atoms with Crippen LogP contribution in [-0.4, -0.2) is 124 Å². The zero-order valence-electron chi connectivity index (χ0n) is 30.1. The predicted octanol–water partition coefficient (Wildman–Crippen LogP) is -1.39. The molecule has 1 saturated heterocycles. The number of hydrogen-bond acceptors (Lipinski definition) is 10. The Hall–Kier alpha value is -3.64. The van der Waals surface area contributed by atoms with Crippen molar-refractivity contribution in [1.29, 1.82) is 0 Å². The second-order valence-corrected chi connectivity index (χ2v) is 14.5. The highest BCUT2D eigenvalue weighted by atomic mass is 32.2. The minimum Gasteiger partial charge on any atom is -0.480 e. The van der Waals surface area contributed by atoms with Crippen LogP contribution in [0.4, 0.5) is 0 Å². The number of aliphatic imine (C=N–C) groups is 1. The van der Waals surface area contributed by atoms with Crippen molar-refractivity contribution in [3.05, 3.63) is 0 Å². The van der Waals surface area contributed by atoms with Crippen LogP contribution in [0.5, 0.6) is 0 Å². The van der Waals surface area contributed by atoms with Crippen LogP contribution in [0.25, 0.3) is 0 Å². The van der Waals surface area contributed by atoms with Crippen molar-refractivity contribution in [3.8, 4) is 0 Å². The first kappa shape index (κ1) is 44.4. The van der Waals surface area contributed by atoms with Crippen LogP contribution in [-0.2, 0) is 28.8 Å². The van der Waals surface area contributed by atoms with E-state index in [4.69, 9.17) is 17.2 Å². The van der Waals surface area contributed by atoms with E-state index in [1.165, 1.54) is 23.6 Å². The Morgan fingerprint density at radius 2 is 1.48 bits per heavy atom. The van der Waals surface area contributed by atoms with E-state index >= 15 is 0 Å². The van der Waals surface area contributed by atoms with E-state index in [2.05, 4.69) is 26.3 Å². The van der Waals surface area contributed by atoms with Gasteiger partial charge in [-0.05, 0) is 75.7 Å². The average molecular weight is 730 g/mol. The summed E-state index contributed by atoms with van der Waals surface area (Å²) in [7, 11) is 0. The molecule has 5 amide bonds. The van der Waals surface area contributed by atoms with Crippen LogP contribution in [0.15, 0.2) is 4.99 Å². The smallest absolute Gasteiger partial charge is 0.326 e. The van der Waals surface area contributed by atoms with Gasteiger partial charge in [0.15, 0.2) is 5.96 Å². The second kappa shape index (κ2) is 22.2. The van der Waals surface area contributed by atoms with Gasteiger partial charge in [0.1, 0.15) is 30.2 Å². The van der Waals surface area contributed by atoms with E-state index in [-0.39, 0.29) is 50.1 Å². The number of hydrogen-bond donors (Lipinski definition) is 9. The summed E-state index contributed by atoms with van der Waals surface area (Å²) in [5.74, 6) is -4.07. The Bertz CT molecular complexity index is 1180. The van der Waals surface area contributed by atoms with Gasteiger partial charge in [0, 0.05) is 13.1 Å². The zero-order chi connectivity index (χ0) is 38.1. The van der Waals surface area contributed by atoms with Gasteiger partial charge in [-0.2, -0.15) is 11.8 Å². The average Bonchev–Trinajstić information content (AvgIpc) is 3.51. The number of rotatable bonds is 22. The fourth-order valence-corrected chi connectivity index (χ4v) is 6.02. The van der Waals surface area contributed by atoms with Crippen LogP contribution >= 0.6 is 11.8 Å². The number of carbonyl (C=O) groups is 6. The molecule has 0 radical (unpaired) electrons. The number of amides is 5. The lowest BCUT2D eigenvalue weighted by Gasteiger charge is -2.31. The lowest BCUT2D eigenvalue weighted by molar-refractivity contribution is -0.145. The SMILES string of the molecule is CSCC[C@H](NC(=O)[C@@H]1CCCN1C(=O)[C@H](CC(C)C)NC(=O)[C@@H](NC(=O)[C@H](CCCN=C(N)N)NC(=O)[C@@H](N)CC(C)C)[C@@H](C)O)C(=O)O. The molecule has 18 heteroatoms. The summed E-state index contributed by atoms with van der Waals surface area (Å²) in [6.45, 7) is 9.18. The van der Waals surface area contributed by atoms with Crippen LogP contribution < -0.4 is 38.5 Å². The summed E-state index contributed by atoms with van der Waals surface area (Å²) in [5.41, 5.74) is 16.8. The summed E-state index contributed by atoms with van der Waals surface area (Å²) >= 11 is 1.45. The molecule has 7 atom stereocenters. The van der Waals surface area contributed by atoms with Crippen LogP contribution in [0.1, 0.15) is 79.6 Å². The van der Waals surface area contributed by atoms with E-state index in [0.29, 0.717) is 31.4 Å². The highest BCUT2D eigenvalue weighted by Gasteiger charge is 2.40. The van der Waals surface area contributed by atoms with Crippen molar-refractivity contribution in [2.45, 2.75) is 122 Å². The molecule has 0 saturated carbocycles. The molecule has 0 aromatic heterocycles. The standard InChI is InChI=1S/C32H59N9O8S/c1-17(2)15-20(33)26(43)37-21(9-7-12-36-32(34)35)27(44)40-25(19(5)42)29(46)39-23(16-18(3)4)30(47)41-13-8-10-24(41)28(45)38-22(31(48)49)11-14-50-6/h17-25,42H,7-16,33H2,1-6H3,(H,37,43)(H,38,45)(H,39,46)(H,40,44)(H,48,49)(H4,34,35,36)/t19-,20+,21+,22+,23+,24+,25+/m1/s1. The molecule has 17 nitrogen and oxygen atoms in total. The Morgan fingerprint density at radius 3 is 2.02 bits per heavy atom. The molecule has 12 N–H and O–H groups in total. The molecule has 0 unspecified atom stereocenters. The molecule has 1 aliphatic heterocycles. The maximum absolute atomic E-state index is 13.9. The number of nitrogens with one attached hydrogen (secondary N) is 4. The highest BCUT2D eigenvalue weighted by molar-refractivity contribution is 7.98. The Morgan fingerprint density at radius 1 is 0.860 bits per heavy atom. The van der Waals surface area contributed by atoms with E-state index in [1.807, 2.05) is 34.0 Å². The summed E-state index contributed by atoms with van der Waals surface area (Å²) < 4.78 is 0. The van der Waals surface area contributed by atoms with Crippen molar-refractivity contribution in [1.82, 2.24) is 26.2 Å². The fourth-order valence-electron chi connectivity index (χ4n) is 5.54. The van der Waals surface area contributed by atoms with Crippen molar-refractivity contribution in [3.63, 3.8) is 0 Å². The van der Waals surface area contributed by atoms with Gasteiger partial charge in [-0.3, -0.25) is 29.0 Å². The van der Waals surface area contributed by atoms with Gasteiger partial charge in [0.05, 0.1) is 12.1 Å². The van der Waals surface area contributed by atoms with Crippen LogP contribution in [0, 0.1) is 11.8 Å². The predicted molar refractivity (Wildman–Crippen MR) is 192 cm³/mol. The highest BCUT2D eigenvalue weighted by Crippen LogP contribution is 2.21. The van der Waals surface area contributed by atoms with Gasteiger partial charge in [-0.1, -0.05) is 27.7 Å². The third kappa shape index (κ3) is 15.5. The van der Waals surface area contributed by atoms with E-state index in [1.54, 1.807) is 0 Å². The number of guanidine groups is 1. The number of carboxylic acids is 1. The summed E-state index contributed by atoms with van der Waals surface area (Å²) in [6.07, 6.45) is 2.38. The number of thioether (sulfide) groups is 1. The number of nitrogens with zero attached hydrogens (tertiary/aromatic N) is 2. The lowest BCUT2D eigenvalue weighted by Crippen LogP contribution is -2.61. The number of aliphatic hydroxyl groups excluding tert-OH is 1. The molecule has 1 aliphatic rings. The molecule has 0 spiro atoms. The second-order valence-electron chi connectivity index (χ2n) is 13.5. The van der Waals surface area contributed by atoms with E-state index in [0.717, 1.165) is 0 Å². The van der Waals surface area contributed by atoms with Crippen LogP contribution in [0.2, 0.25) is 0 Å². The van der Waals surface area contributed by atoms with Crippen LogP contribution in [0.3, 0.4) is 0 Å².